The lowest BCUT2D eigenvalue weighted by molar-refractivity contribution is -0.123. The SMILES string of the molecule is Cc1noc(C)c1S(=O)(=O)N[C@@H](C)C(=O)NC1CCN(Cc2ccc(Cl)cc2)CC1. The molecule has 2 aromatic rings. The Hall–Kier alpha value is -1.94. The number of amides is 1. The molecule has 1 amide bonds. The number of piperidine rings is 1. The van der Waals surface area contributed by atoms with Crippen LogP contribution in [0.4, 0.5) is 0 Å². The fourth-order valence-corrected chi connectivity index (χ4v) is 5.27. The third-order valence-electron chi connectivity index (χ3n) is 5.22. The molecule has 0 saturated carbocycles. The number of rotatable bonds is 7. The highest BCUT2D eigenvalue weighted by molar-refractivity contribution is 7.89. The number of hydrogen-bond acceptors (Lipinski definition) is 6. The molecule has 1 atom stereocenters. The first kappa shape index (κ1) is 22.7. The van der Waals surface area contributed by atoms with E-state index in [1.54, 1.807) is 6.92 Å². The minimum Gasteiger partial charge on any atom is -0.360 e. The van der Waals surface area contributed by atoms with Gasteiger partial charge in [-0.2, -0.15) is 4.72 Å². The van der Waals surface area contributed by atoms with Crippen LogP contribution in [0.5, 0.6) is 0 Å². The number of halogens is 1. The number of benzene rings is 1. The molecule has 0 unspecified atom stereocenters. The van der Waals surface area contributed by atoms with E-state index in [1.807, 2.05) is 24.3 Å². The van der Waals surface area contributed by atoms with Crippen molar-refractivity contribution < 1.29 is 17.7 Å². The lowest BCUT2D eigenvalue weighted by atomic mass is 10.0. The Morgan fingerprint density at radius 3 is 2.47 bits per heavy atom. The summed E-state index contributed by atoms with van der Waals surface area (Å²) in [5.74, 6) is -0.151. The van der Waals surface area contributed by atoms with E-state index in [-0.39, 0.29) is 28.3 Å². The maximum Gasteiger partial charge on any atom is 0.246 e. The van der Waals surface area contributed by atoms with Gasteiger partial charge in [0.2, 0.25) is 15.9 Å². The summed E-state index contributed by atoms with van der Waals surface area (Å²) in [5.41, 5.74) is 1.46. The molecule has 1 aromatic heterocycles. The normalized spacial score (nSPS) is 17.1. The largest absolute Gasteiger partial charge is 0.360 e. The first-order valence-corrected chi connectivity index (χ1v) is 11.7. The standard InChI is InChI=1S/C20H27ClN4O4S/c1-13-19(15(3)29-23-13)30(27,28)24-14(2)20(26)22-18-8-10-25(11-9-18)12-16-4-6-17(21)7-5-16/h4-7,14,18,24H,8-12H2,1-3H3,(H,22,26)/t14-/m0/s1. The van der Waals surface area contributed by atoms with Crippen molar-refractivity contribution in [1.82, 2.24) is 20.1 Å². The molecule has 0 spiro atoms. The Morgan fingerprint density at radius 1 is 1.27 bits per heavy atom. The summed E-state index contributed by atoms with van der Waals surface area (Å²) in [6.07, 6.45) is 1.62. The van der Waals surface area contributed by atoms with Crippen LogP contribution in [0.15, 0.2) is 33.7 Å². The van der Waals surface area contributed by atoms with Crippen LogP contribution in [0.2, 0.25) is 5.02 Å². The van der Waals surface area contributed by atoms with Gasteiger partial charge >= 0.3 is 0 Å². The van der Waals surface area contributed by atoms with Crippen molar-refractivity contribution in [1.29, 1.82) is 0 Å². The third-order valence-corrected chi connectivity index (χ3v) is 7.25. The Kier molecular flexibility index (Phi) is 7.18. The molecule has 2 heterocycles. The number of sulfonamides is 1. The number of nitrogens with one attached hydrogen (secondary N) is 2. The molecule has 1 saturated heterocycles. The van der Waals surface area contributed by atoms with Gasteiger partial charge in [0, 0.05) is 30.7 Å². The average molecular weight is 455 g/mol. The van der Waals surface area contributed by atoms with E-state index in [4.69, 9.17) is 16.1 Å². The molecule has 2 N–H and O–H groups in total. The Morgan fingerprint density at radius 2 is 1.90 bits per heavy atom. The van der Waals surface area contributed by atoms with E-state index in [9.17, 15) is 13.2 Å². The molecule has 164 valence electrons. The number of likely N-dealkylation sites (tertiary alicyclic amines) is 1. The summed E-state index contributed by atoms with van der Waals surface area (Å²) in [6.45, 7) is 7.15. The van der Waals surface area contributed by atoms with Crippen molar-refractivity contribution in [3.8, 4) is 0 Å². The zero-order valence-corrected chi connectivity index (χ0v) is 18.9. The van der Waals surface area contributed by atoms with Crippen LogP contribution in [0, 0.1) is 13.8 Å². The number of aryl methyl sites for hydroxylation is 2. The van der Waals surface area contributed by atoms with Crippen molar-refractivity contribution >= 4 is 27.5 Å². The predicted molar refractivity (Wildman–Crippen MR) is 114 cm³/mol. The molecule has 30 heavy (non-hydrogen) atoms. The van der Waals surface area contributed by atoms with E-state index < -0.39 is 16.1 Å². The highest BCUT2D eigenvalue weighted by Crippen LogP contribution is 2.19. The lowest BCUT2D eigenvalue weighted by Gasteiger charge is -2.33. The molecular weight excluding hydrogens is 428 g/mol. The summed E-state index contributed by atoms with van der Waals surface area (Å²) >= 11 is 5.93. The summed E-state index contributed by atoms with van der Waals surface area (Å²) < 4.78 is 32.5. The Labute approximate surface area is 182 Å². The van der Waals surface area contributed by atoms with Crippen molar-refractivity contribution in [2.75, 3.05) is 13.1 Å². The fraction of sp³-hybridized carbons (Fsp3) is 0.500. The topological polar surface area (TPSA) is 105 Å². The molecule has 1 aliphatic rings. The van der Waals surface area contributed by atoms with Crippen molar-refractivity contribution in [2.45, 2.75) is 57.1 Å². The highest BCUT2D eigenvalue weighted by Gasteiger charge is 2.29. The minimum absolute atomic E-state index is 0.0161. The van der Waals surface area contributed by atoms with Crippen molar-refractivity contribution in [3.05, 3.63) is 46.3 Å². The van der Waals surface area contributed by atoms with E-state index in [0.717, 1.165) is 37.5 Å². The molecule has 1 aromatic carbocycles. The van der Waals surface area contributed by atoms with Crippen molar-refractivity contribution in [2.24, 2.45) is 0 Å². The Balaban J connectivity index is 1.49. The average Bonchev–Trinajstić information content (AvgIpc) is 3.04. The summed E-state index contributed by atoms with van der Waals surface area (Å²) in [5, 5.41) is 7.34. The number of nitrogens with zero attached hydrogens (tertiary/aromatic N) is 2. The van der Waals surface area contributed by atoms with Crippen LogP contribution in [-0.2, 0) is 21.4 Å². The van der Waals surface area contributed by atoms with Crippen LogP contribution < -0.4 is 10.0 Å². The van der Waals surface area contributed by atoms with Crippen LogP contribution in [0.1, 0.15) is 36.8 Å². The second-order valence-corrected chi connectivity index (χ2v) is 9.77. The molecule has 0 aliphatic carbocycles. The van der Waals surface area contributed by atoms with Gasteiger partial charge < -0.3 is 9.84 Å². The molecule has 0 bridgehead atoms. The molecule has 8 nitrogen and oxygen atoms in total. The summed E-state index contributed by atoms with van der Waals surface area (Å²) in [7, 11) is -3.89. The number of hydrogen-bond donors (Lipinski definition) is 2. The van der Waals surface area contributed by atoms with Gasteiger partial charge in [-0.3, -0.25) is 9.69 Å². The van der Waals surface area contributed by atoms with E-state index >= 15 is 0 Å². The first-order chi connectivity index (χ1) is 14.2. The van der Waals surface area contributed by atoms with Crippen LogP contribution in [0.25, 0.3) is 0 Å². The van der Waals surface area contributed by atoms with E-state index in [2.05, 4.69) is 20.1 Å². The molecule has 0 radical (unpaired) electrons. The number of carbonyl (C=O) groups excluding carboxylic acids is 1. The smallest absolute Gasteiger partial charge is 0.246 e. The van der Waals surface area contributed by atoms with Gasteiger partial charge in [-0.05, 0) is 51.3 Å². The maximum atomic E-state index is 12.6. The highest BCUT2D eigenvalue weighted by atomic mass is 35.5. The van der Waals surface area contributed by atoms with Crippen LogP contribution >= 0.6 is 11.6 Å². The van der Waals surface area contributed by atoms with Gasteiger partial charge in [-0.1, -0.05) is 28.9 Å². The van der Waals surface area contributed by atoms with Gasteiger partial charge in [0.1, 0.15) is 10.6 Å². The van der Waals surface area contributed by atoms with E-state index in [1.165, 1.54) is 19.4 Å². The Bertz CT molecular complexity index is 963. The molecule has 1 fully saturated rings. The zero-order chi connectivity index (χ0) is 21.9. The monoisotopic (exact) mass is 454 g/mol. The van der Waals surface area contributed by atoms with Gasteiger partial charge in [-0.25, -0.2) is 8.42 Å². The fourth-order valence-electron chi connectivity index (χ4n) is 3.61. The third kappa shape index (κ3) is 5.60. The van der Waals surface area contributed by atoms with Crippen LogP contribution in [0.3, 0.4) is 0 Å². The predicted octanol–water partition coefficient (Wildman–Crippen LogP) is 2.39. The minimum atomic E-state index is -3.89. The number of aromatic nitrogens is 1. The van der Waals surface area contributed by atoms with Gasteiger partial charge in [-0.15, -0.1) is 0 Å². The molecule has 1 aliphatic heterocycles. The number of carbonyl (C=O) groups is 1. The van der Waals surface area contributed by atoms with Gasteiger partial charge in [0.15, 0.2) is 5.76 Å². The zero-order valence-electron chi connectivity index (χ0n) is 17.3. The van der Waals surface area contributed by atoms with Gasteiger partial charge in [0.25, 0.3) is 0 Å². The molecule has 3 rings (SSSR count). The summed E-state index contributed by atoms with van der Waals surface area (Å²) in [6, 6.07) is 6.91. The molecule has 10 heteroatoms. The summed E-state index contributed by atoms with van der Waals surface area (Å²) in [4.78, 5) is 14.8. The van der Waals surface area contributed by atoms with E-state index in [0.29, 0.717) is 0 Å². The maximum absolute atomic E-state index is 12.6. The quantitative estimate of drug-likeness (QED) is 0.665. The lowest BCUT2D eigenvalue weighted by Crippen LogP contribution is -2.51. The second kappa shape index (κ2) is 9.47. The first-order valence-electron chi connectivity index (χ1n) is 9.88. The van der Waals surface area contributed by atoms with Gasteiger partial charge in [0.05, 0.1) is 6.04 Å². The second-order valence-electron chi connectivity index (χ2n) is 7.68. The van der Waals surface area contributed by atoms with Crippen molar-refractivity contribution in [3.63, 3.8) is 0 Å². The van der Waals surface area contributed by atoms with Crippen LogP contribution in [-0.4, -0.2) is 49.6 Å². The molecular formula is C20H27ClN4O4S.